The van der Waals surface area contributed by atoms with Gasteiger partial charge >= 0.3 is 0 Å². The van der Waals surface area contributed by atoms with Gasteiger partial charge in [0.25, 0.3) is 5.91 Å². The van der Waals surface area contributed by atoms with Gasteiger partial charge in [-0.05, 0) is 25.0 Å². The lowest BCUT2D eigenvalue weighted by atomic mass is 10.2. The first-order valence-corrected chi connectivity index (χ1v) is 8.74. The maximum Gasteiger partial charge on any atom is 0.271 e. The Morgan fingerprint density at radius 1 is 1.35 bits per heavy atom. The normalized spacial score (nSPS) is 16.7. The number of carbonyl (C=O) groups excluding carboxylic acids is 2. The van der Waals surface area contributed by atoms with Crippen LogP contribution in [-0.2, 0) is 9.53 Å². The summed E-state index contributed by atoms with van der Waals surface area (Å²) in [5.41, 5.74) is 0.948. The standard InChI is InChI=1S/C18H23N5O3/c1-12(2)17(24)22-13-5-6-16(19-8-13)23-10-15(21-11-23)18(25)20-9-14-4-3-7-26-14/h5-6,8,10-12,14H,3-4,7,9H2,1-2H3,(H,20,25)(H,22,24)/t14-/m1/s1. The number of rotatable bonds is 6. The highest BCUT2D eigenvalue weighted by molar-refractivity contribution is 5.92. The molecule has 3 rings (SSSR count). The monoisotopic (exact) mass is 357 g/mol. The van der Waals surface area contributed by atoms with Crippen molar-refractivity contribution in [1.29, 1.82) is 0 Å². The largest absolute Gasteiger partial charge is 0.376 e. The minimum atomic E-state index is -0.236. The summed E-state index contributed by atoms with van der Waals surface area (Å²) in [6.07, 6.45) is 6.84. The highest BCUT2D eigenvalue weighted by Gasteiger charge is 2.17. The van der Waals surface area contributed by atoms with Crippen LogP contribution in [0.5, 0.6) is 0 Å². The number of hydrogen-bond acceptors (Lipinski definition) is 5. The molecule has 1 aliphatic heterocycles. The number of imidazole rings is 1. The summed E-state index contributed by atoms with van der Waals surface area (Å²) in [4.78, 5) is 32.3. The topological polar surface area (TPSA) is 98.1 Å². The van der Waals surface area contributed by atoms with Gasteiger partial charge in [0.15, 0.2) is 0 Å². The molecule has 0 unspecified atom stereocenters. The molecular weight excluding hydrogens is 334 g/mol. The van der Waals surface area contributed by atoms with E-state index in [2.05, 4.69) is 20.6 Å². The second kappa shape index (κ2) is 8.09. The molecule has 2 amide bonds. The zero-order valence-electron chi connectivity index (χ0n) is 14.9. The lowest BCUT2D eigenvalue weighted by Gasteiger charge is -2.09. The van der Waals surface area contributed by atoms with Crippen molar-refractivity contribution in [2.75, 3.05) is 18.5 Å². The Kier molecular flexibility index (Phi) is 5.62. The van der Waals surface area contributed by atoms with Crippen molar-refractivity contribution in [2.24, 2.45) is 5.92 Å². The fraction of sp³-hybridized carbons (Fsp3) is 0.444. The number of amides is 2. The van der Waals surface area contributed by atoms with E-state index in [1.807, 2.05) is 13.8 Å². The lowest BCUT2D eigenvalue weighted by Crippen LogP contribution is -2.31. The summed E-state index contributed by atoms with van der Waals surface area (Å²) in [6.45, 7) is 4.91. The van der Waals surface area contributed by atoms with Crippen molar-refractivity contribution < 1.29 is 14.3 Å². The smallest absolute Gasteiger partial charge is 0.271 e. The molecule has 2 aromatic rings. The molecule has 0 bridgehead atoms. The second-order valence-electron chi connectivity index (χ2n) is 6.56. The number of hydrogen-bond donors (Lipinski definition) is 2. The summed E-state index contributed by atoms with van der Waals surface area (Å²) < 4.78 is 7.15. The van der Waals surface area contributed by atoms with Crippen LogP contribution in [0.3, 0.4) is 0 Å². The van der Waals surface area contributed by atoms with Crippen LogP contribution >= 0.6 is 0 Å². The van der Waals surface area contributed by atoms with E-state index < -0.39 is 0 Å². The molecule has 0 aliphatic carbocycles. The number of carbonyl (C=O) groups is 2. The number of nitrogens with one attached hydrogen (secondary N) is 2. The quantitative estimate of drug-likeness (QED) is 0.821. The highest BCUT2D eigenvalue weighted by atomic mass is 16.5. The molecule has 0 radical (unpaired) electrons. The van der Waals surface area contributed by atoms with E-state index in [-0.39, 0.29) is 23.8 Å². The van der Waals surface area contributed by atoms with E-state index in [9.17, 15) is 9.59 Å². The van der Waals surface area contributed by atoms with Crippen LogP contribution in [0, 0.1) is 5.92 Å². The van der Waals surface area contributed by atoms with Gasteiger partial charge in [-0.15, -0.1) is 0 Å². The molecule has 1 atom stereocenters. The van der Waals surface area contributed by atoms with Gasteiger partial charge in [-0.2, -0.15) is 0 Å². The lowest BCUT2D eigenvalue weighted by molar-refractivity contribution is -0.118. The van der Waals surface area contributed by atoms with Crippen LogP contribution in [0.25, 0.3) is 5.82 Å². The third kappa shape index (κ3) is 4.45. The SMILES string of the molecule is CC(C)C(=O)Nc1ccc(-n2cnc(C(=O)NC[C@H]3CCCO3)c2)nc1. The van der Waals surface area contributed by atoms with E-state index in [4.69, 9.17) is 4.74 Å². The maximum absolute atomic E-state index is 12.2. The summed E-state index contributed by atoms with van der Waals surface area (Å²) in [6, 6.07) is 3.52. The van der Waals surface area contributed by atoms with Crippen molar-refractivity contribution in [3.8, 4) is 5.82 Å². The highest BCUT2D eigenvalue weighted by Crippen LogP contribution is 2.13. The molecule has 138 valence electrons. The third-order valence-corrected chi connectivity index (χ3v) is 4.13. The molecule has 1 fully saturated rings. The Morgan fingerprint density at radius 3 is 2.85 bits per heavy atom. The van der Waals surface area contributed by atoms with Gasteiger partial charge in [-0.25, -0.2) is 9.97 Å². The first kappa shape index (κ1) is 18.1. The molecule has 26 heavy (non-hydrogen) atoms. The fourth-order valence-corrected chi connectivity index (χ4v) is 2.57. The van der Waals surface area contributed by atoms with Crippen LogP contribution in [0.1, 0.15) is 37.2 Å². The molecule has 0 spiro atoms. The van der Waals surface area contributed by atoms with Gasteiger partial charge in [0.2, 0.25) is 5.91 Å². The molecule has 8 nitrogen and oxygen atoms in total. The number of ether oxygens (including phenoxy) is 1. The van der Waals surface area contributed by atoms with Crippen LogP contribution in [0.15, 0.2) is 30.9 Å². The van der Waals surface area contributed by atoms with Gasteiger partial charge in [-0.3, -0.25) is 14.2 Å². The predicted molar refractivity (Wildman–Crippen MR) is 96.1 cm³/mol. The summed E-state index contributed by atoms with van der Waals surface area (Å²) in [7, 11) is 0. The van der Waals surface area contributed by atoms with E-state index in [0.29, 0.717) is 23.7 Å². The second-order valence-corrected chi connectivity index (χ2v) is 6.56. The predicted octanol–water partition coefficient (Wildman–Crippen LogP) is 1.77. The van der Waals surface area contributed by atoms with Gasteiger partial charge < -0.3 is 15.4 Å². The number of nitrogens with zero attached hydrogens (tertiary/aromatic N) is 3. The summed E-state index contributed by atoms with van der Waals surface area (Å²) in [5, 5.41) is 5.62. The minimum absolute atomic E-state index is 0.0626. The van der Waals surface area contributed by atoms with E-state index in [1.165, 1.54) is 6.33 Å². The van der Waals surface area contributed by atoms with E-state index >= 15 is 0 Å². The first-order chi connectivity index (χ1) is 12.5. The van der Waals surface area contributed by atoms with Gasteiger partial charge in [0.1, 0.15) is 17.8 Å². The van der Waals surface area contributed by atoms with Gasteiger partial charge in [0, 0.05) is 25.3 Å². The number of pyridine rings is 1. The van der Waals surface area contributed by atoms with Crippen molar-refractivity contribution >= 4 is 17.5 Å². The summed E-state index contributed by atoms with van der Waals surface area (Å²) >= 11 is 0. The third-order valence-electron chi connectivity index (χ3n) is 4.13. The van der Waals surface area contributed by atoms with Crippen molar-refractivity contribution in [2.45, 2.75) is 32.8 Å². The minimum Gasteiger partial charge on any atom is -0.376 e. The van der Waals surface area contributed by atoms with E-state index in [0.717, 1.165) is 19.4 Å². The van der Waals surface area contributed by atoms with Crippen LogP contribution in [0.2, 0.25) is 0 Å². The fourth-order valence-electron chi connectivity index (χ4n) is 2.57. The first-order valence-electron chi connectivity index (χ1n) is 8.74. The number of aromatic nitrogens is 3. The van der Waals surface area contributed by atoms with Gasteiger partial charge in [-0.1, -0.05) is 13.8 Å². The molecule has 1 saturated heterocycles. The molecule has 8 heteroatoms. The molecule has 0 saturated carbocycles. The maximum atomic E-state index is 12.2. The van der Waals surface area contributed by atoms with Crippen LogP contribution in [-0.4, -0.2) is 45.6 Å². The summed E-state index contributed by atoms with van der Waals surface area (Å²) in [5.74, 6) is 0.213. The Bertz CT molecular complexity index is 763. The average Bonchev–Trinajstić information content (AvgIpc) is 3.32. The molecule has 1 aliphatic rings. The van der Waals surface area contributed by atoms with Crippen molar-refractivity contribution in [1.82, 2.24) is 19.9 Å². The molecule has 3 heterocycles. The zero-order chi connectivity index (χ0) is 18.5. The van der Waals surface area contributed by atoms with E-state index in [1.54, 1.807) is 29.1 Å². The van der Waals surface area contributed by atoms with Crippen molar-refractivity contribution in [3.63, 3.8) is 0 Å². The Morgan fingerprint density at radius 2 is 2.19 bits per heavy atom. The van der Waals surface area contributed by atoms with Crippen LogP contribution < -0.4 is 10.6 Å². The molecule has 2 N–H and O–H groups in total. The zero-order valence-corrected chi connectivity index (χ0v) is 14.9. The van der Waals surface area contributed by atoms with Crippen LogP contribution in [0.4, 0.5) is 5.69 Å². The van der Waals surface area contributed by atoms with Gasteiger partial charge in [0.05, 0.1) is 18.0 Å². The average molecular weight is 357 g/mol. The molecule has 0 aromatic carbocycles. The Hall–Kier alpha value is -2.74. The molecular formula is C18H23N5O3. The Balaban J connectivity index is 1.59. The molecule has 2 aromatic heterocycles. The van der Waals surface area contributed by atoms with Crippen molar-refractivity contribution in [3.05, 3.63) is 36.5 Å². The Labute approximate surface area is 152 Å². The number of anilines is 1.